The molecular weight excluding hydrogens is 152 g/mol. The van der Waals surface area contributed by atoms with Gasteiger partial charge < -0.3 is 9.15 Å². The van der Waals surface area contributed by atoms with Crippen molar-refractivity contribution in [1.82, 2.24) is 0 Å². The van der Waals surface area contributed by atoms with Crippen LogP contribution < -0.4 is 0 Å². The van der Waals surface area contributed by atoms with Crippen molar-refractivity contribution >= 4 is 0 Å². The molecule has 0 bridgehead atoms. The smallest absolute Gasteiger partial charge is 0.104 e. The van der Waals surface area contributed by atoms with Crippen LogP contribution in [0, 0.1) is 6.42 Å². The van der Waals surface area contributed by atoms with Gasteiger partial charge in [-0.25, -0.2) is 0 Å². The Hall–Kier alpha value is -0.760. The number of rotatable bonds is 3. The van der Waals surface area contributed by atoms with E-state index in [1.54, 1.807) is 6.26 Å². The van der Waals surface area contributed by atoms with E-state index >= 15 is 0 Å². The minimum atomic E-state index is 0.357. The fraction of sp³-hybridized carbons (Fsp3) is 0.500. The Morgan fingerprint density at radius 2 is 2.58 bits per heavy atom. The van der Waals surface area contributed by atoms with E-state index in [2.05, 4.69) is 6.42 Å². The maximum absolute atomic E-state index is 5.45. The van der Waals surface area contributed by atoms with Gasteiger partial charge in [0, 0.05) is 13.0 Å². The molecule has 0 N–H and O–H groups in total. The van der Waals surface area contributed by atoms with E-state index in [4.69, 9.17) is 9.15 Å². The Bertz CT molecular complexity index is 210. The quantitative estimate of drug-likeness (QED) is 0.685. The lowest BCUT2D eigenvalue weighted by Crippen LogP contribution is -2.06. The van der Waals surface area contributed by atoms with Gasteiger partial charge in [0.1, 0.15) is 5.76 Å². The summed E-state index contributed by atoms with van der Waals surface area (Å²) >= 11 is 0. The van der Waals surface area contributed by atoms with Crippen molar-refractivity contribution in [3.8, 4) is 0 Å². The number of hydrogen-bond acceptors (Lipinski definition) is 2. The van der Waals surface area contributed by atoms with Crippen LogP contribution in [-0.2, 0) is 11.2 Å². The Morgan fingerprint density at radius 3 is 3.25 bits per heavy atom. The molecule has 1 atom stereocenters. The van der Waals surface area contributed by atoms with Crippen LogP contribution in [-0.4, -0.2) is 12.7 Å². The molecule has 0 amide bonds. The van der Waals surface area contributed by atoms with Gasteiger partial charge in [-0.3, -0.25) is 0 Å². The first-order valence-corrected chi connectivity index (χ1v) is 4.42. The van der Waals surface area contributed by atoms with Crippen LogP contribution >= 0.6 is 0 Å². The van der Waals surface area contributed by atoms with Crippen molar-refractivity contribution in [2.45, 2.75) is 25.4 Å². The zero-order chi connectivity index (χ0) is 8.23. The molecule has 2 rings (SSSR count). The van der Waals surface area contributed by atoms with Crippen LogP contribution in [0.3, 0.4) is 0 Å². The fourth-order valence-corrected chi connectivity index (χ4v) is 1.46. The van der Waals surface area contributed by atoms with E-state index in [1.165, 1.54) is 12.8 Å². The largest absolute Gasteiger partial charge is 0.469 e. The summed E-state index contributed by atoms with van der Waals surface area (Å²) < 4.78 is 10.7. The molecule has 1 saturated heterocycles. The highest BCUT2D eigenvalue weighted by Gasteiger charge is 2.15. The predicted octanol–water partition coefficient (Wildman–Crippen LogP) is 2.21. The fourth-order valence-electron chi connectivity index (χ4n) is 1.46. The molecule has 1 aromatic heterocycles. The summed E-state index contributed by atoms with van der Waals surface area (Å²) in [5.74, 6) is 1.02. The third-order valence-electron chi connectivity index (χ3n) is 2.13. The van der Waals surface area contributed by atoms with Crippen LogP contribution in [0.25, 0.3) is 0 Å². The molecule has 1 aliphatic rings. The summed E-state index contributed by atoms with van der Waals surface area (Å²) in [7, 11) is 0. The van der Waals surface area contributed by atoms with Crippen molar-refractivity contribution in [3.05, 3.63) is 30.6 Å². The molecule has 1 unspecified atom stereocenters. The van der Waals surface area contributed by atoms with Crippen molar-refractivity contribution in [1.29, 1.82) is 0 Å². The lowest BCUT2D eigenvalue weighted by molar-refractivity contribution is 0.132. The maximum atomic E-state index is 5.45. The SMILES string of the molecule is [CH](Cc1ccco1)C1CCCO1. The standard InChI is InChI=1S/C10H13O2/c1-3-9(11-7-1)5-6-10-4-2-8-12-10/h1,3,6-7,10H,2,4-5,8H2. The molecule has 1 radical (unpaired) electrons. The van der Waals surface area contributed by atoms with Gasteiger partial charge in [0.15, 0.2) is 0 Å². The zero-order valence-corrected chi connectivity index (χ0v) is 7.03. The van der Waals surface area contributed by atoms with Gasteiger partial charge in [-0.1, -0.05) is 0 Å². The molecule has 1 fully saturated rings. The topological polar surface area (TPSA) is 22.4 Å². The third-order valence-corrected chi connectivity index (χ3v) is 2.13. The molecule has 0 saturated carbocycles. The van der Waals surface area contributed by atoms with Crippen molar-refractivity contribution < 1.29 is 9.15 Å². The molecule has 2 heteroatoms. The first-order chi connectivity index (χ1) is 5.95. The Morgan fingerprint density at radius 1 is 1.58 bits per heavy atom. The van der Waals surface area contributed by atoms with Crippen molar-refractivity contribution in [3.63, 3.8) is 0 Å². The number of furan rings is 1. The lowest BCUT2D eigenvalue weighted by Gasteiger charge is -2.05. The highest BCUT2D eigenvalue weighted by atomic mass is 16.5. The number of ether oxygens (including phenoxy) is 1. The summed E-state index contributed by atoms with van der Waals surface area (Å²) in [6, 6.07) is 3.91. The van der Waals surface area contributed by atoms with Crippen molar-refractivity contribution in [2.24, 2.45) is 0 Å². The second-order valence-electron chi connectivity index (χ2n) is 3.07. The molecule has 65 valence electrons. The van der Waals surface area contributed by atoms with Gasteiger partial charge in [-0.2, -0.15) is 0 Å². The highest BCUT2D eigenvalue weighted by molar-refractivity contribution is 5.02. The van der Waals surface area contributed by atoms with Gasteiger partial charge in [0.2, 0.25) is 0 Å². The second kappa shape index (κ2) is 3.76. The van der Waals surface area contributed by atoms with Gasteiger partial charge in [-0.15, -0.1) is 0 Å². The summed E-state index contributed by atoms with van der Waals surface area (Å²) in [6.45, 7) is 0.916. The van der Waals surface area contributed by atoms with E-state index in [0.717, 1.165) is 18.8 Å². The highest BCUT2D eigenvalue weighted by Crippen LogP contribution is 2.16. The molecule has 1 aliphatic heterocycles. The van der Waals surface area contributed by atoms with E-state index in [1.807, 2.05) is 12.1 Å². The minimum Gasteiger partial charge on any atom is -0.469 e. The second-order valence-corrected chi connectivity index (χ2v) is 3.07. The molecule has 2 heterocycles. The average molecular weight is 165 g/mol. The van der Waals surface area contributed by atoms with E-state index in [9.17, 15) is 0 Å². The maximum Gasteiger partial charge on any atom is 0.104 e. The third kappa shape index (κ3) is 1.89. The number of hydrogen-bond donors (Lipinski definition) is 0. The molecular formula is C10H13O2. The molecule has 0 spiro atoms. The van der Waals surface area contributed by atoms with Crippen LogP contribution in [0.2, 0.25) is 0 Å². The first kappa shape index (κ1) is 7.87. The predicted molar refractivity (Wildman–Crippen MR) is 45.7 cm³/mol. The minimum absolute atomic E-state index is 0.357. The van der Waals surface area contributed by atoms with Gasteiger partial charge >= 0.3 is 0 Å². The van der Waals surface area contributed by atoms with Crippen LogP contribution in [0.15, 0.2) is 22.8 Å². The monoisotopic (exact) mass is 165 g/mol. The van der Waals surface area contributed by atoms with E-state index in [0.29, 0.717) is 6.10 Å². The van der Waals surface area contributed by atoms with Crippen molar-refractivity contribution in [2.75, 3.05) is 6.61 Å². The Balaban J connectivity index is 1.74. The van der Waals surface area contributed by atoms with Gasteiger partial charge in [0.25, 0.3) is 0 Å². The van der Waals surface area contributed by atoms with Crippen LogP contribution in [0.5, 0.6) is 0 Å². The molecule has 2 nitrogen and oxygen atoms in total. The normalized spacial score (nSPS) is 23.2. The molecule has 1 aromatic rings. The summed E-state index contributed by atoms with van der Waals surface area (Å²) in [4.78, 5) is 0. The first-order valence-electron chi connectivity index (χ1n) is 4.42. The van der Waals surface area contributed by atoms with E-state index < -0.39 is 0 Å². The average Bonchev–Trinajstić information content (AvgIpc) is 2.74. The molecule has 0 aliphatic carbocycles. The van der Waals surface area contributed by atoms with Gasteiger partial charge in [-0.05, 0) is 31.4 Å². The lowest BCUT2D eigenvalue weighted by atomic mass is 10.1. The Kier molecular flexibility index (Phi) is 2.47. The molecule has 12 heavy (non-hydrogen) atoms. The van der Waals surface area contributed by atoms with E-state index in [-0.39, 0.29) is 0 Å². The van der Waals surface area contributed by atoms with Gasteiger partial charge in [0.05, 0.1) is 12.4 Å². The molecule has 0 aromatic carbocycles. The van der Waals surface area contributed by atoms with Crippen LogP contribution in [0.1, 0.15) is 18.6 Å². The zero-order valence-electron chi connectivity index (χ0n) is 7.03. The Labute approximate surface area is 72.5 Å². The summed E-state index contributed by atoms with van der Waals surface area (Å²) in [5.41, 5.74) is 0. The summed E-state index contributed by atoms with van der Waals surface area (Å²) in [6.07, 6.45) is 7.50. The van der Waals surface area contributed by atoms with Crippen LogP contribution in [0.4, 0.5) is 0 Å². The summed E-state index contributed by atoms with van der Waals surface area (Å²) in [5, 5.41) is 0.